The van der Waals surface area contributed by atoms with E-state index in [0.29, 0.717) is 11.8 Å². The summed E-state index contributed by atoms with van der Waals surface area (Å²) >= 11 is 11.9. The first-order valence-electron chi connectivity index (χ1n) is 6.65. The molecular weight excluding hydrogens is 271 g/mol. The Labute approximate surface area is 117 Å². The van der Waals surface area contributed by atoms with Gasteiger partial charge in [0.25, 0.3) is 0 Å². The maximum Gasteiger partial charge on any atom is 0.229 e. The molecule has 0 saturated heterocycles. The van der Waals surface area contributed by atoms with E-state index in [1.807, 2.05) is 6.92 Å². The van der Waals surface area contributed by atoms with Crippen LogP contribution in [-0.2, 0) is 9.59 Å². The number of carbonyl (C=O) groups excluding carboxylic acids is 2. The molecular formula is C14H18Cl2O2. The van der Waals surface area contributed by atoms with E-state index in [9.17, 15) is 9.59 Å². The van der Waals surface area contributed by atoms with E-state index in [0.717, 1.165) is 25.7 Å². The van der Waals surface area contributed by atoms with Crippen molar-refractivity contribution in [2.75, 3.05) is 0 Å². The van der Waals surface area contributed by atoms with Gasteiger partial charge in [-0.1, -0.05) is 6.92 Å². The van der Waals surface area contributed by atoms with Crippen LogP contribution in [0.15, 0.2) is 0 Å². The SMILES string of the molecule is CC12CC3CC(C1)CC(C(=O)Cl)(C3)C2(C)C(=O)Cl. The minimum atomic E-state index is -0.798. The molecule has 0 aromatic rings. The average Bonchev–Trinajstić information content (AvgIpc) is 2.23. The summed E-state index contributed by atoms with van der Waals surface area (Å²) < 4.78 is 0. The van der Waals surface area contributed by atoms with E-state index in [1.165, 1.54) is 6.42 Å². The molecule has 100 valence electrons. The summed E-state index contributed by atoms with van der Waals surface area (Å²) in [7, 11) is 0. The van der Waals surface area contributed by atoms with Crippen molar-refractivity contribution in [1.29, 1.82) is 0 Å². The maximum absolute atomic E-state index is 12.1. The van der Waals surface area contributed by atoms with E-state index in [1.54, 1.807) is 0 Å². The van der Waals surface area contributed by atoms with Crippen LogP contribution in [0.4, 0.5) is 0 Å². The van der Waals surface area contributed by atoms with Crippen LogP contribution in [0.3, 0.4) is 0 Å². The third kappa shape index (κ3) is 1.22. The van der Waals surface area contributed by atoms with Crippen LogP contribution in [0, 0.1) is 28.1 Å². The number of hydrogen-bond donors (Lipinski definition) is 0. The summed E-state index contributed by atoms with van der Waals surface area (Å²) in [4.78, 5) is 24.2. The largest absolute Gasteiger partial charge is 0.281 e. The van der Waals surface area contributed by atoms with Crippen LogP contribution in [0.1, 0.15) is 46.0 Å². The highest BCUT2D eigenvalue weighted by Gasteiger charge is 2.73. The summed E-state index contributed by atoms with van der Waals surface area (Å²) in [6.07, 6.45) is 4.69. The standard InChI is InChI=1S/C14H18Cl2O2/c1-12-4-8-3-9(5-12)7-14(6-8,11(16)18)13(12,2)10(15)17/h8-9H,3-7H2,1-2H3. The number of carbonyl (C=O) groups is 2. The van der Waals surface area contributed by atoms with Crippen LogP contribution < -0.4 is 0 Å². The van der Waals surface area contributed by atoms with Gasteiger partial charge in [-0.15, -0.1) is 0 Å². The highest BCUT2D eigenvalue weighted by Crippen LogP contribution is 2.74. The minimum absolute atomic E-state index is 0.166. The Morgan fingerprint density at radius 1 is 0.944 bits per heavy atom. The lowest BCUT2D eigenvalue weighted by Gasteiger charge is -2.68. The molecule has 0 aromatic carbocycles. The summed E-state index contributed by atoms with van der Waals surface area (Å²) in [5, 5.41) is -0.725. The molecule has 0 radical (unpaired) electrons. The molecule has 0 spiro atoms. The van der Waals surface area contributed by atoms with Gasteiger partial charge in [0.1, 0.15) is 0 Å². The van der Waals surface area contributed by atoms with Crippen molar-refractivity contribution in [2.24, 2.45) is 28.1 Å². The van der Waals surface area contributed by atoms with Crippen LogP contribution in [0.5, 0.6) is 0 Å². The second-order valence-corrected chi connectivity index (χ2v) is 7.79. The van der Waals surface area contributed by atoms with Crippen LogP contribution >= 0.6 is 23.2 Å². The highest BCUT2D eigenvalue weighted by molar-refractivity contribution is 6.68. The first-order chi connectivity index (χ1) is 8.25. The zero-order valence-electron chi connectivity index (χ0n) is 10.8. The van der Waals surface area contributed by atoms with E-state index < -0.39 is 10.8 Å². The Bertz CT molecular complexity index is 431. The molecule has 0 aliphatic heterocycles. The monoisotopic (exact) mass is 288 g/mol. The van der Waals surface area contributed by atoms with E-state index >= 15 is 0 Å². The van der Waals surface area contributed by atoms with Crippen molar-refractivity contribution in [3.8, 4) is 0 Å². The zero-order chi connectivity index (χ0) is 13.3. The molecule has 3 atom stereocenters. The van der Waals surface area contributed by atoms with Gasteiger partial charge < -0.3 is 0 Å². The van der Waals surface area contributed by atoms with Gasteiger partial charge in [-0.05, 0) is 79.5 Å². The van der Waals surface area contributed by atoms with Crippen LogP contribution in [-0.4, -0.2) is 10.5 Å². The molecule has 0 aromatic heterocycles. The molecule has 4 fully saturated rings. The molecule has 18 heavy (non-hydrogen) atoms. The van der Waals surface area contributed by atoms with Crippen molar-refractivity contribution in [3.05, 3.63) is 0 Å². The molecule has 4 rings (SSSR count). The van der Waals surface area contributed by atoms with Gasteiger partial charge >= 0.3 is 0 Å². The van der Waals surface area contributed by atoms with Gasteiger partial charge in [0.15, 0.2) is 0 Å². The fourth-order valence-electron chi connectivity index (χ4n) is 5.55. The molecule has 4 saturated carbocycles. The zero-order valence-corrected chi connectivity index (χ0v) is 12.3. The van der Waals surface area contributed by atoms with Gasteiger partial charge in [0.05, 0.1) is 10.8 Å². The Balaban J connectivity index is 2.22. The smallest absolute Gasteiger partial charge is 0.229 e. The minimum Gasteiger partial charge on any atom is -0.281 e. The topological polar surface area (TPSA) is 34.1 Å². The molecule has 0 heterocycles. The molecule has 4 aliphatic carbocycles. The second-order valence-electron chi connectivity index (χ2n) is 7.10. The summed E-state index contributed by atoms with van der Waals surface area (Å²) in [5.41, 5.74) is -1.68. The Morgan fingerprint density at radius 2 is 1.44 bits per heavy atom. The van der Waals surface area contributed by atoms with Gasteiger partial charge in [-0.25, -0.2) is 0 Å². The number of rotatable bonds is 2. The fourth-order valence-corrected chi connectivity index (χ4v) is 6.30. The Morgan fingerprint density at radius 3 is 1.83 bits per heavy atom. The normalized spacial score (nSPS) is 53.6. The third-order valence-corrected chi connectivity index (χ3v) is 7.09. The van der Waals surface area contributed by atoms with Crippen molar-refractivity contribution < 1.29 is 9.59 Å². The summed E-state index contributed by atoms with van der Waals surface area (Å²) in [6, 6.07) is 0. The van der Waals surface area contributed by atoms with Gasteiger partial charge in [0.2, 0.25) is 10.5 Å². The van der Waals surface area contributed by atoms with Crippen molar-refractivity contribution in [1.82, 2.24) is 0 Å². The lowest BCUT2D eigenvalue weighted by Crippen LogP contribution is -2.67. The molecule has 4 heteroatoms. The van der Waals surface area contributed by atoms with E-state index in [2.05, 4.69) is 6.92 Å². The molecule has 4 aliphatic rings. The molecule has 0 N–H and O–H groups in total. The maximum atomic E-state index is 12.1. The van der Waals surface area contributed by atoms with Gasteiger partial charge in [0, 0.05) is 0 Å². The first-order valence-corrected chi connectivity index (χ1v) is 7.41. The van der Waals surface area contributed by atoms with Gasteiger partial charge in [-0.3, -0.25) is 9.59 Å². The Hall–Kier alpha value is -0.0800. The van der Waals surface area contributed by atoms with Crippen LogP contribution in [0.2, 0.25) is 0 Å². The molecule has 4 bridgehead atoms. The van der Waals surface area contributed by atoms with Crippen molar-refractivity contribution >= 4 is 33.7 Å². The Kier molecular flexibility index (Phi) is 2.53. The third-order valence-electron chi connectivity index (χ3n) is 6.35. The van der Waals surface area contributed by atoms with Crippen molar-refractivity contribution in [2.45, 2.75) is 46.0 Å². The second kappa shape index (κ2) is 3.52. The quantitative estimate of drug-likeness (QED) is 0.726. The van der Waals surface area contributed by atoms with E-state index in [4.69, 9.17) is 23.2 Å². The lowest BCUT2D eigenvalue weighted by atomic mass is 9.35. The molecule has 0 amide bonds. The van der Waals surface area contributed by atoms with E-state index in [-0.39, 0.29) is 15.9 Å². The number of hydrogen-bond acceptors (Lipinski definition) is 2. The average molecular weight is 289 g/mol. The molecule has 3 unspecified atom stereocenters. The molecule has 2 nitrogen and oxygen atoms in total. The lowest BCUT2D eigenvalue weighted by molar-refractivity contribution is -0.206. The summed E-state index contributed by atoms with van der Waals surface area (Å²) in [6.45, 7) is 4.00. The predicted molar refractivity (Wildman–Crippen MR) is 70.4 cm³/mol. The van der Waals surface area contributed by atoms with Gasteiger partial charge in [-0.2, -0.15) is 0 Å². The summed E-state index contributed by atoms with van der Waals surface area (Å²) in [5.74, 6) is 1.07. The fraction of sp³-hybridized carbons (Fsp3) is 0.857. The van der Waals surface area contributed by atoms with Crippen LogP contribution in [0.25, 0.3) is 0 Å². The van der Waals surface area contributed by atoms with Crippen molar-refractivity contribution in [3.63, 3.8) is 0 Å². The predicted octanol–water partition coefficient (Wildman–Crippen LogP) is 3.74. The first kappa shape index (κ1) is 12.9. The highest BCUT2D eigenvalue weighted by atomic mass is 35.5. The number of halogens is 2.